The molecule has 5 heteroatoms. The Morgan fingerprint density at radius 1 is 1.04 bits per heavy atom. The minimum absolute atomic E-state index is 0.0568. The molecule has 0 atom stereocenters. The van der Waals surface area contributed by atoms with Gasteiger partial charge >= 0.3 is 0 Å². The first kappa shape index (κ1) is 18.3. The van der Waals surface area contributed by atoms with E-state index in [1.54, 1.807) is 19.2 Å². The summed E-state index contributed by atoms with van der Waals surface area (Å²) in [5, 5.41) is 10.2. The zero-order chi connectivity index (χ0) is 18.7. The van der Waals surface area contributed by atoms with Crippen LogP contribution in [0, 0.1) is 13.8 Å². The van der Waals surface area contributed by atoms with Crippen molar-refractivity contribution < 1.29 is 14.6 Å². The third-order valence-electron chi connectivity index (χ3n) is 5.09. The van der Waals surface area contributed by atoms with E-state index in [-0.39, 0.29) is 5.91 Å². The summed E-state index contributed by atoms with van der Waals surface area (Å²) in [6.45, 7) is 7.75. The zero-order valence-electron chi connectivity index (χ0n) is 15.7. The summed E-state index contributed by atoms with van der Waals surface area (Å²) in [5.74, 6) is 1.16. The molecule has 138 valence electrons. The Bertz CT molecular complexity index is 779. The van der Waals surface area contributed by atoms with E-state index >= 15 is 0 Å². The number of amides is 1. The summed E-state index contributed by atoms with van der Waals surface area (Å²) in [6.07, 6.45) is 0. The number of ether oxygens (including phenoxy) is 1. The predicted octanol–water partition coefficient (Wildman–Crippen LogP) is 2.98. The lowest BCUT2D eigenvalue weighted by molar-refractivity contribution is 0.0627. The first-order chi connectivity index (χ1) is 12.5. The molecule has 26 heavy (non-hydrogen) atoms. The fourth-order valence-corrected chi connectivity index (χ4v) is 3.25. The highest BCUT2D eigenvalue weighted by atomic mass is 16.5. The Balaban J connectivity index is 1.58. The van der Waals surface area contributed by atoms with Gasteiger partial charge in [-0.3, -0.25) is 9.69 Å². The fraction of sp³-hybridized carbons (Fsp3) is 0.381. The number of aromatic hydroxyl groups is 1. The van der Waals surface area contributed by atoms with E-state index in [0.717, 1.165) is 30.0 Å². The van der Waals surface area contributed by atoms with Crippen molar-refractivity contribution in [2.45, 2.75) is 20.4 Å². The average Bonchev–Trinajstić information content (AvgIpc) is 2.66. The number of methoxy groups -OCH3 is 1. The van der Waals surface area contributed by atoms with Crippen LogP contribution in [0.2, 0.25) is 0 Å². The number of carbonyl (C=O) groups excluding carboxylic acids is 1. The van der Waals surface area contributed by atoms with Crippen molar-refractivity contribution in [3.8, 4) is 11.5 Å². The minimum atomic E-state index is 0.0568. The van der Waals surface area contributed by atoms with E-state index in [0.29, 0.717) is 30.9 Å². The molecule has 0 radical (unpaired) electrons. The SMILES string of the molecule is COc1ccc(C(=O)N2CCN(Cc3cc(C)c(C)cc3O)CC2)cc1. The predicted molar refractivity (Wildman–Crippen MR) is 102 cm³/mol. The van der Waals surface area contributed by atoms with Gasteiger partial charge in [-0.1, -0.05) is 6.07 Å². The lowest BCUT2D eigenvalue weighted by atomic mass is 10.0. The van der Waals surface area contributed by atoms with Crippen LogP contribution in [0.1, 0.15) is 27.0 Å². The standard InChI is InChI=1S/C21H26N2O3/c1-15-12-18(20(24)13-16(15)2)14-22-8-10-23(11-9-22)21(25)17-4-6-19(26-3)7-5-17/h4-7,12-13,24H,8-11,14H2,1-3H3. The van der Waals surface area contributed by atoms with Crippen molar-refractivity contribution in [3.05, 3.63) is 58.7 Å². The van der Waals surface area contributed by atoms with E-state index in [9.17, 15) is 9.90 Å². The van der Waals surface area contributed by atoms with Crippen LogP contribution in [0.25, 0.3) is 0 Å². The molecule has 0 bridgehead atoms. The van der Waals surface area contributed by atoms with Crippen LogP contribution < -0.4 is 4.74 Å². The van der Waals surface area contributed by atoms with E-state index in [4.69, 9.17) is 4.74 Å². The molecule has 1 amide bonds. The second kappa shape index (κ2) is 7.79. The van der Waals surface area contributed by atoms with Crippen molar-refractivity contribution in [1.82, 2.24) is 9.80 Å². The highest BCUT2D eigenvalue weighted by Crippen LogP contribution is 2.24. The zero-order valence-corrected chi connectivity index (χ0v) is 15.7. The van der Waals surface area contributed by atoms with Gasteiger partial charge < -0.3 is 14.7 Å². The number of hydrogen-bond donors (Lipinski definition) is 1. The number of nitrogens with zero attached hydrogens (tertiary/aromatic N) is 2. The van der Waals surface area contributed by atoms with Gasteiger partial charge in [0, 0.05) is 43.9 Å². The molecular formula is C21H26N2O3. The monoisotopic (exact) mass is 354 g/mol. The molecule has 1 N–H and O–H groups in total. The molecule has 1 aliphatic heterocycles. The Kier molecular flexibility index (Phi) is 5.47. The number of rotatable bonds is 4. The Hall–Kier alpha value is -2.53. The van der Waals surface area contributed by atoms with Crippen LogP contribution in [0.15, 0.2) is 36.4 Å². The van der Waals surface area contributed by atoms with Crippen molar-refractivity contribution in [2.24, 2.45) is 0 Å². The van der Waals surface area contributed by atoms with E-state index in [2.05, 4.69) is 17.9 Å². The molecule has 2 aromatic rings. The van der Waals surface area contributed by atoms with Crippen molar-refractivity contribution in [1.29, 1.82) is 0 Å². The summed E-state index contributed by atoms with van der Waals surface area (Å²) < 4.78 is 5.14. The molecule has 1 heterocycles. The Labute approximate surface area is 154 Å². The third-order valence-corrected chi connectivity index (χ3v) is 5.09. The highest BCUT2D eigenvalue weighted by Gasteiger charge is 2.22. The van der Waals surface area contributed by atoms with Gasteiger partial charge in [0.25, 0.3) is 5.91 Å². The van der Waals surface area contributed by atoms with Gasteiger partial charge in [-0.2, -0.15) is 0 Å². The number of aryl methyl sites for hydroxylation is 2. The van der Waals surface area contributed by atoms with Crippen LogP contribution in [0.5, 0.6) is 11.5 Å². The first-order valence-electron chi connectivity index (χ1n) is 8.92. The third kappa shape index (κ3) is 3.99. The maximum absolute atomic E-state index is 12.6. The fourth-order valence-electron chi connectivity index (χ4n) is 3.25. The smallest absolute Gasteiger partial charge is 0.253 e. The van der Waals surface area contributed by atoms with Crippen LogP contribution in [-0.2, 0) is 6.54 Å². The number of benzene rings is 2. The second-order valence-electron chi connectivity index (χ2n) is 6.86. The molecule has 5 nitrogen and oxygen atoms in total. The van der Waals surface area contributed by atoms with Gasteiger partial charge in [-0.15, -0.1) is 0 Å². The van der Waals surface area contributed by atoms with Gasteiger partial charge in [-0.25, -0.2) is 0 Å². The topological polar surface area (TPSA) is 53.0 Å². The van der Waals surface area contributed by atoms with Gasteiger partial charge in [0.2, 0.25) is 0 Å². The molecule has 0 aliphatic carbocycles. The lowest BCUT2D eigenvalue weighted by Crippen LogP contribution is -2.48. The number of carbonyl (C=O) groups is 1. The molecule has 1 fully saturated rings. The maximum Gasteiger partial charge on any atom is 0.253 e. The number of phenols is 1. The summed E-state index contributed by atoms with van der Waals surface area (Å²) in [5.41, 5.74) is 3.92. The van der Waals surface area contributed by atoms with E-state index < -0.39 is 0 Å². The number of hydrogen-bond acceptors (Lipinski definition) is 4. The molecule has 0 unspecified atom stereocenters. The van der Waals surface area contributed by atoms with Gasteiger partial charge in [-0.05, 0) is 55.3 Å². The maximum atomic E-state index is 12.6. The Morgan fingerprint density at radius 3 is 2.27 bits per heavy atom. The van der Waals surface area contributed by atoms with Crippen LogP contribution >= 0.6 is 0 Å². The summed E-state index contributed by atoms with van der Waals surface area (Å²) in [6, 6.07) is 11.1. The van der Waals surface area contributed by atoms with Crippen LogP contribution in [0.3, 0.4) is 0 Å². The molecule has 1 saturated heterocycles. The lowest BCUT2D eigenvalue weighted by Gasteiger charge is -2.35. The van der Waals surface area contributed by atoms with Crippen LogP contribution in [0.4, 0.5) is 0 Å². The summed E-state index contributed by atoms with van der Waals surface area (Å²) in [4.78, 5) is 16.8. The Morgan fingerprint density at radius 2 is 1.65 bits per heavy atom. The van der Waals surface area contributed by atoms with E-state index in [1.807, 2.05) is 30.0 Å². The first-order valence-corrected chi connectivity index (χ1v) is 8.92. The largest absolute Gasteiger partial charge is 0.508 e. The summed E-state index contributed by atoms with van der Waals surface area (Å²) in [7, 11) is 1.61. The van der Waals surface area contributed by atoms with E-state index in [1.165, 1.54) is 5.56 Å². The molecule has 1 aliphatic rings. The molecule has 2 aromatic carbocycles. The van der Waals surface area contributed by atoms with Gasteiger partial charge in [0.1, 0.15) is 11.5 Å². The van der Waals surface area contributed by atoms with Crippen molar-refractivity contribution >= 4 is 5.91 Å². The number of piperazine rings is 1. The summed E-state index contributed by atoms with van der Waals surface area (Å²) >= 11 is 0. The number of phenolic OH excluding ortho intramolecular Hbond substituents is 1. The normalized spacial score (nSPS) is 15.1. The molecule has 0 spiro atoms. The molecular weight excluding hydrogens is 328 g/mol. The quantitative estimate of drug-likeness (QED) is 0.917. The molecule has 3 rings (SSSR count). The molecule has 0 aromatic heterocycles. The highest BCUT2D eigenvalue weighted by molar-refractivity contribution is 5.94. The minimum Gasteiger partial charge on any atom is -0.508 e. The van der Waals surface area contributed by atoms with Crippen molar-refractivity contribution in [2.75, 3.05) is 33.3 Å². The van der Waals surface area contributed by atoms with Gasteiger partial charge in [0.05, 0.1) is 7.11 Å². The average molecular weight is 354 g/mol. The second-order valence-corrected chi connectivity index (χ2v) is 6.86. The molecule has 0 saturated carbocycles. The van der Waals surface area contributed by atoms with Crippen LogP contribution in [-0.4, -0.2) is 54.1 Å². The van der Waals surface area contributed by atoms with Crippen molar-refractivity contribution in [3.63, 3.8) is 0 Å². The van der Waals surface area contributed by atoms with Gasteiger partial charge in [0.15, 0.2) is 0 Å².